The molecule has 0 radical (unpaired) electrons. The Morgan fingerprint density at radius 1 is 0.875 bits per heavy atom. The molecule has 1 saturated carbocycles. The van der Waals surface area contributed by atoms with Crippen LogP contribution in [0.1, 0.15) is 138 Å². The van der Waals surface area contributed by atoms with Gasteiger partial charge in [-0.15, -0.1) is 11.8 Å². The Hall–Kier alpha value is -5.67. The van der Waals surface area contributed by atoms with Gasteiger partial charge in [0.15, 0.2) is 5.78 Å². The Balaban J connectivity index is 1.59. The molecule has 0 aromatic heterocycles. The standard InChI is InChI=1S/C63H96N4O20S/c1-35-16-12-11-13-17-36(2)49(82-8)30-43-21-19-41(7)63(81,87-43)58(75)60(77)67-25-15-14-18-46(67)62(80)86-50(31-47(68)37(3)27-40(6)56(74)57(84-10)55(73)39(5)26-35)38(4)28-42-20-23-48(51(29-42)83-9)85-54(72)34-88-33-45(59(76)65-32-53(70)71)66-52(69)24-22-44(64)61(78)79/h11-13,16-17,27,35,37-39,41-46,48-51,56-57,74,81H,14-15,18-26,28-34,64H2,1-10H3,(H,65,76)(H,66,69)(H,70,71)(H,78,79)/b13-11?,16-12+,36-17?,40-27+/t35-,37-,38-,39-,41-,42+,43+,44+,45+,46+,48-,49+,50+,51-,56-,57+,63-/m1/s1. The molecule has 17 atom stereocenters. The van der Waals surface area contributed by atoms with Gasteiger partial charge >= 0.3 is 23.9 Å². The first kappa shape index (κ1) is 74.8. The van der Waals surface area contributed by atoms with Crippen LogP contribution in [0.4, 0.5) is 0 Å². The number of ketones is 3. The van der Waals surface area contributed by atoms with Crippen LogP contribution in [0.5, 0.6) is 0 Å². The zero-order chi connectivity index (χ0) is 65.6. The number of fused-ring (bicyclic) bond motifs is 3. The molecule has 0 unspecified atom stereocenters. The molecule has 0 aromatic rings. The van der Waals surface area contributed by atoms with Crippen molar-refractivity contribution < 1.29 is 96.8 Å². The van der Waals surface area contributed by atoms with Crippen LogP contribution in [-0.2, 0) is 76.4 Å². The summed E-state index contributed by atoms with van der Waals surface area (Å²) in [6.45, 7) is 11.6. The highest BCUT2D eigenvalue weighted by atomic mass is 32.2. The van der Waals surface area contributed by atoms with Gasteiger partial charge in [0.1, 0.15) is 54.9 Å². The molecule has 0 spiro atoms. The maximum Gasteiger partial charge on any atom is 0.329 e. The van der Waals surface area contributed by atoms with Crippen molar-refractivity contribution >= 4 is 70.7 Å². The average molecular weight is 1260 g/mol. The van der Waals surface area contributed by atoms with Crippen molar-refractivity contribution in [3.05, 3.63) is 47.6 Å². The van der Waals surface area contributed by atoms with Gasteiger partial charge in [-0.2, -0.15) is 0 Å². The second-order valence-electron chi connectivity index (χ2n) is 24.3. The number of aliphatic hydroxyl groups excluding tert-OH is 1. The summed E-state index contributed by atoms with van der Waals surface area (Å²) in [5.74, 6) is -14.5. The molecule has 4 aliphatic rings. The molecule has 24 nitrogen and oxygen atoms in total. The molecule has 25 heteroatoms. The van der Waals surface area contributed by atoms with E-state index in [2.05, 4.69) is 10.6 Å². The molecular formula is C63H96N4O20S. The number of esters is 2. The summed E-state index contributed by atoms with van der Waals surface area (Å²) < 4.78 is 35.7. The molecule has 494 valence electrons. The minimum absolute atomic E-state index is 0.00480. The average Bonchev–Trinajstić information content (AvgIpc) is 2.33. The zero-order valence-electron chi connectivity index (χ0n) is 52.7. The number of Topliss-reactive ketones (excluding diaryl/α,β-unsaturated/α-hetero) is 3. The lowest BCUT2D eigenvalue weighted by Crippen LogP contribution is -2.61. The summed E-state index contributed by atoms with van der Waals surface area (Å²) in [6, 6.07) is -3.87. The van der Waals surface area contributed by atoms with Crippen molar-refractivity contribution in [2.45, 2.75) is 205 Å². The van der Waals surface area contributed by atoms with Crippen molar-refractivity contribution in [1.29, 1.82) is 0 Å². The number of methoxy groups -OCH3 is 3. The predicted molar refractivity (Wildman–Crippen MR) is 324 cm³/mol. The maximum absolute atomic E-state index is 14.7. The van der Waals surface area contributed by atoms with E-state index in [1.54, 1.807) is 40.9 Å². The monoisotopic (exact) mass is 1260 g/mol. The fourth-order valence-corrected chi connectivity index (χ4v) is 12.7. The van der Waals surface area contributed by atoms with Crippen LogP contribution in [0.25, 0.3) is 0 Å². The first-order chi connectivity index (χ1) is 41.5. The quantitative estimate of drug-likeness (QED) is 0.0537. The lowest BCUT2D eigenvalue weighted by Gasteiger charge is -2.42. The largest absolute Gasteiger partial charge is 0.480 e. The molecule has 2 bridgehead atoms. The number of carboxylic acid groups (broad SMARTS) is 2. The number of carboxylic acids is 2. The highest BCUT2D eigenvalue weighted by Crippen LogP contribution is 2.38. The van der Waals surface area contributed by atoms with E-state index in [1.165, 1.54) is 14.2 Å². The first-order valence-electron chi connectivity index (χ1n) is 30.6. The fourth-order valence-electron chi connectivity index (χ4n) is 11.8. The number of ether oxygens (including phenoxy) is 6. The first-order valence-corrected chi connectivity index (χ1v) is 31.7. The van der Waals surface area contributed by atoms with Crippen molar-refractivity contribution in [3.8, 4) is 0 Å². The Bertz CT molecular complexity index is 2560. The van der Waals surface area contributed by atoms with E-state index >= 15 is 0 Å². The number of aliphatic carboxylic acids is 2. The van der Waals surface area contributed by atoms with Crippen molar-refractivity contribution in [3.63, 3.8) is 0 Å². The van der Waals surface area contributed by atoms with Crippen LogP contribution in [0.15, 0.2) is 47.6 Å². The van der Waals surface area contributed by atoms with Crippen LogP contribution >= 0.6 is 11.8 Å². The third kappa shape index (κ3) is 22.4. The number of carbonyl (C=O) groups excluding carboxylic acids is 8. The van der Waals surface area contributed by atoms with Gasteiger partial charge in [-0.1, -0.05) is 71.1 Å². The lowest BCUT2D eigenvalue weighted by atomic mass is 9.78. The van der Waals surface area contributed by atoms with E-state index in [1.807, 2.05) is 51.2 Å². The molecule has 8 N–H and O–H groups in total. The highest BCUT2D eigenvalue weighted by molar-refractivity contribution is 8.00. The van der Waals surface area contributed by atoms with Crippen molar-refractivity contribution in [2.24, 2.45) is 41.2 Å². The number of nitrogens with one attached hydrogen (secondary N) is 2. The molecule has 3 aliphatic heterocycles. The number of nitrogens with zero attached hydrogens (tertiary/aromatic N) is 1. The fraction of sp³-hybridized carbons (Fsp3) is 0.714. The molecule has 3 amide bonds. The van der Waals surface area contributed by atoms with E-state index in [4.69, 9.17) is 44.4 Å². The smallest absolute Gasteiger partial charge is 0.329 e. The number of piperidine rings is 1. The predicted octanol–water partition coefficient (Wildman–Crippen LogP) is 4.34. The molecular weight excluding hydrogens is 1160 g/mol. The summed E-state index contributed by atoms with van der Waals surface area (Å²) in [4.78, 5) is 134. The second-order valence-corrected chi connectivity index (χ2v) is 25.3. The Morgan fingerprint density at radius 2 is 1.59 bits per heavy atom. The normalized spacial score (nSPS) is 32.4. The molecule has 3 fully saturated rings. The highest BCUT2D eigenvalue weighted by Gasteiger charge is 2.53. The van der Waals surface area contributed by atoms with E-state index < -0.39 is 144 Å². The SMILES string of the molecule is CO[C@H]1C[C@@H]2CC[C@@H](C)[C@@](O)(O2)C(=O)C(=O)N2CCCC[C@H]2C(=O)O[C@H]([C@H](C)C[C@@H]2CC[C@@H](OC(=O)CSC[C@H](NC(=O)CC[C@H](N)C(=O)O)C(=O)NCC(=O)O)[C@H](OC)C2)CC(=O)[C@H](C)/C=C(\C)[C@@H](O)[C@@H](OC)C(=O)[C@H](C)C[C@H](C)/C=C/C=CC=C1C. The van der Waals surface area contributed by atoms with Gasteiger partial charge in [-0.05, 0) is 113 Å². The van der Waals surface area contributed by atoms with Gasteiger partial charge in [-0.3, -0.25) is 43.2 Å². The van der Waals surface area contributed by atoms with Crippen molar-refractivity contribution in [2.75, 3.05) is 45.9 Å². The van der Waals surface area contributed by atoms with E-state index in [0.29, 0.717) is 63.4 Å². The minimum Gasteiger partial charge on any atom is -0.480 e. The Labute approximate surface area is 520 Å². The number of thioether (sulfide) groups is 1. The molecule has 1 aliphatic carbocycles. The minimum atomic E-state index is -2.51. The molecule has 3 heterocycles. The summed E-state index contributed by atoms with van der Waals surface area (Å²) in [7, 11) is 4.35. The lowest BCUT2D eigenvalue weighted by molar-refractivity contribution is -0.265. The number of carbonyl (C=O) groups is 10. The van der Waals surface area contributed by atoms with E-state index in [-0.39, 0.29) is 73.6 Å². The topological polar surface area (TPSA) is 360 Å². The van der Waals surface area contributed by atoms with Gasteiger partial charge in [0.05, 0.1) is 24.1 Å². The van der Waals surface area contributed by atoms with Crippen LogP contribution < -0.4 is 16.4 Å². The summed E-state index contributed by atoms with van der Waals surface area (Å²) in [6.07, 6.45) is 8.18. The summed E-state index contributed by atoms with van der Waals surface area (Å²) in [5.41, 5.74) is 6.65. The third-order valence-electron chi connectivity index (χ3n) is 17.3. The third-order valence-corrected chi connectivity index (χ3v) is 18.3. The number of nitrogens with two attached hydrogens (primary N) is 1. The van der Waals surface area contributed by atoms with Crippen LogP contribution in [-0.4, -0.2) is 197 Å². The number of amides is 3. The van der Waals surface area contributed by atoms with E-state index in [9.17, 15) is 58.2 Å². The van der Waals surface area contributed by atoms with Crippen LogP contribution in [0.2, 0.25) is 0 Å². The molecule has 88 heavy (non-hydrogen) atoms. The molecule has 0 aromatic carbocycles. The second kappa shape index (κ2) is 36.2. The van der Waals surface area contributed by atoms with Crippen LogP contribution in [0, 0.1) is 35.5 Å². The van der Waals surface area contributed by atoms with Gasteiger partial charge < -0.3 is 70.1 Å². The van der Waals surface area contributed by atoms with Gasteiger partial charge in [-0.25, -0.2) is 4.79 Å². The summed E-state index contributed by atoms with van der Waals surface area (Å²) in [5, 5.41) is 46.4. The van der Waals surface area contributed by atoms with Crippen molar-refractivity contribution in [1.82, 2.24) is 15.5 Å². The Morgan fingerprint density at radius 3 is 2.25 bits per heavy atom. The number of cyclic esters (lactones) is 1. The molecule has 4 rings (SSSR count). The summed E-state index contributed by atoms with van der Waals surface area (Å²) >= 11 is 0.935. The number of rotatable bonds is 19. The Kier molecular flexibility index (Phi) is 30.8. The van der Waals surface area contributed by atoms with Gasteiger partial charge in [0.25, 0.3) is 11.7 Å². The number of aliphatic hydroxyl groups is 2. The van der Waals surface area contributed by atoms with Crippen LogP contribution in [0.3, 0.4) is 0 Å². The van der Waals surface area contributed by atoms with Gasteiger partial charge in [0, 0.05) is 70.6 Å². The van der Waals surface area contributed by atoms with Gasteiger partial charge in [0.2, 0.25) is 17.6 Å². The number of hydrogen-bond donors (Lipinski definition) is 7. The maximum atomic E-state index is 14.7. The van der Waals surface area contributed by atoms with E-state index in [0.717, 1.165) is 22.2 Å². The number of allylic oxidation sites excluding steroid dienone is 6. The number of hydrogen-bond acceptors (Lipinski definition) is 20. The molecule has 2 saturated heterocycles. The zero-order valence-corrected chi connectivity index (χ0v) is 53.5.